The van der Waals surface area contributed by atoms with Gasteiger partial charge in [-0.15, -0.1) is 0 Å². The van der Waals surface area contributed by atoms with Crippen molar-refractivity contribution in [1.29, 1.82) is 5.26 Å². The summed E-state index contributed by atoms with van der Waals surface area (Å²) >= 11 is 2.02. The molecule has 5 heteroatoms. The number of carbonyl (C=O) groups excluding carboxylic acids is 1. The van der Waals surface area contributed by atoms with E-state index in [4.69, 9.17) is 15.7 Å². The maximum Gasteiger partial charge on any atom is 0.250 e. The van der Waals surface area contributed by atoms with Crippen LogP contribution in [0.3, 0.4) is 0 Å². The van der Waals surface area contributed by atoms with Gasteiger partial charge in [-0.2, -0.15) is 5.26 Å². The molecule has 4 nitrogen and oxygen atoms in total. The van der Waals surface area contributed by atoms with Crippen molar-refractivity contribution < 1.29 is 9.53 Å². The highest BCUT2D eigenvalue weighted by molar-refractivity contribution is 14.1. The van der Waals surface area contributed by atoms with E-state index in [1.165, 1.54) is 13.2 Å². The number of nitrogens with zero attached hydrogens (tertiary/aromatic N) is 1. The number of methoxy groups -OCH3 is 1. The van der Waals surface area contributed by atoms with E-state index >= 15 is 0 Å². The van der Waals surface area contributed by atoms with Crippen LogP contribution >= 0.6 is 22.6 Å². The summed E-state index contributed by atoms with van der Waals surface area (Å²) in [5, 5.41) is 8.75. The Morgan fingerprint density at radius 2 is 2.29 bits per heavy atom. The largest absolute Gasteiger partial charge is 0.496 e. The van der Waals surface area contributed by atoms with Crippen LogP contribution in [0, 0.1) is 14.9 Å². The molecule has 0 saturated carbocycles. The minimum absolute atomic E-state index is 0.185. The summed E-state index contributed by atoms with van der Waals surface area (Å²) in [5.74, 6) is -0.0883. The third kappa shape index (κ3) is 1.96. The molecule has 0 spiro atoms. The summed E-state index contributed by atoms with van der Waals surface area (Å²) in [6, 6.07) is 4.95. The van der Waals surface area contributed by atoms with E-state index in [-0.39, 0.29) is 11.1 Å². The fourth-order valence-corrected chi connectivity index (χ4v) is 1.69. The van der Waals surface area contributed by atoms with E-state index in [9.17, 15) is 4.79 Å². The summed E-state index contributed by atoms with van der Waals surface area (Å²) in [6.07, 6.45) is 0. The zero-order chi connectivity index (χ0) is 10.7. The summed E-state index contributed by atoms with van der Waals surface area (Å²) in [4.78, 5) is 11.0. The Morgan fingerprint density at radius 1 is 1.64 bits per heavy atom. The van der Waals surface area contributed by atoms with Crippen LogP contribution in [-0.4, -0.2) is 13.0 Å². The van der Waals surface area contributed by atoms with E-state index in [1.807, 2.05) is 28.7 Å². The smallest absolute Gasteiger partial charge is 0.250 e. The Kier molecular flexibility index (Phi) is 3.30. The molecule has 2 N–H and O–H groups in total. The predicted octanol–water partition coefficient (Wildman–Crippen LogP) is 1.27. The van der Waals surface area contributed by atoms with Crippen LogP contribution in [0.25, 0.3) is 0 Å². The number of nitrogens with two attached hydrogens (primary N) is 1. The van der Waals surface area contributed by atoms with Crippen molar-refractivity contribution in [2.75, 3.05) is 7.11 Å². The first-order chi connectivity index (χ1) is 6.60. The lowest BCUT2D eigenvalue weighted by Gasteiger charge is -2.06. The molecule has 72 valence electrons. The first-order valence-electron chi connectivity index (χ1n) is 3.67. The number of hydrogen-bond acceptors (Lipinski definition) is 3. The Bertz CT molecular complexity index is 424. The number of benzene rings is 1. The van der Waals surface area contributed by atoms with Gasteiger partial charge in [0, 0.05) is 0 Å². The zero-order valence-electron chi connectivity index (χ0n) is 7.37. The highest BCUT2D eigenvalue weighted by atomic mass is 127. The summed E-state index contributed by atoms with van der Waals surface area (Å²) in [6.45, 7) is 0. The molecule has 0 atom stereocenters. The van der Waals surface area contributed by atoms with Crippen molar-refractivity contribution in [1.82, 2.24) is 0 Å². The number of primary amides is 1. The average Bonchev–Trinajstić information content (AvgIpc) is 2.16. The molecule has 0 fully saturated rings. The first-order valence-corrected chi connectivity index (χ1v) is 4.75. The lowest BCUT2D eigenvalue weighted by molar-refractivity contribution is 0.0999. The van der Waals surface area contributed by atoms with E-state index in [0.29, 0.717) is 5.75 Å². The van der Waals surface area contributed by atoms with E-state index in [2.05, 4.69) is 0 Å². The second kappa shape index (κ2) is 4.28. The molecular formula is C9H7IN2O2. The summed E-state index contributed by atoms with van der Waals surface area (Å²) < 4.78 is 5.78. The molecule has 0 aliphatic carbocycles. The zero-order valence-corrected chi connectivity index (χ0v) is 9.53. The molecule has 0 aliphatic rings. The van der Waals surface area contributed by atoms with Gasteiger partial charge in [0.2, 0.25) is 5.91 Å². The third-order valence-electron chi connectivity index (χ3n) is 1.68. The minimum Gasteiger partial charge on any atom is -0.496 e. The van der Waals surface area contributed by atoms with Crippen molar-refractivity contribution >= 4 is 28.5 Å². The monoisotopic (exact) mass is 302 g/mol. The number of nitriles is 1. The van der Waals surface area contributed by atoms with Gasteiger partial charge in [0.05, 0.1) is 27.9 Å². The van der Waals surface area contributed by atoms with Gasteiger partial charge in [0.15, 0.2) is 0 Å². The van der Waals surface area contributed by atoms with Gasteiger partial charge in [-0.05, 0) is 34.7 Å². The van der Waals surface area contributed by atoms with E-state index in [1.54, 1.807) is 6.07 Å². The summed E-state index contributed by atoms with van der Waals surface area (Å²) in [7, 11) is 1.49. The topological polar surface area (TPSA) is 76.1 Å². The van der Waals surface area contributed by atoms with Crippen LogP contribution in [0.4, 0.5) is 0 Å². The number of carbonyl (C=O) groups is 1. The maximum atomic E-state index is 11.0. The van der Waals surface area contributed by atoms with Crippen LogP contribution in [0.15, 0.2) is 12.1 Å². The fraction of sp³-hybridized carbons (Fsp3) is 0.111. The molecule has 1 amide bonds. The predicted molar refractivity (Wildman–Crippen MR) is 58.9 cm³/mol. The van der Waals surface area contributed by atoms with Gasteiger partial charge >= 0.3 is 0 Å². The normalized spacial score (nSPS) is 9.21. The molecule has 0 aromatic heterocycles. The molecule has 0 unspecified atom stereocenters. The molecule has 0 radical (unpaired) electrons. The molecule has 1 rings (SSSR count). The molecule has 1 aromatic carbocycles. The van der Waals surface area contributed by atoms with Crippen LogP contribution in [0.2, 0.25) is 0 Å². The standard InChI is InChI=1S/C9H7IN2O2/c1-14-8-3-6(9(12)13)5(4-11)2-7(8)10/h2-3H,1H3,(H2,12,13). The van der Waals surface area contributed by atoms with Crippen LogP contribution in [-0.2, 0) is 0 Å². The average molecular weight is 302 g/mol. The maximum absolute atomic E-state index is 11.0. The highest BCUT2D eigenvalue weighted by Gasteiger charge is 2.12. The van der Waals surface area contributed by atoms with Gasteiger partial charge in [-0.1, -0.05) is 0 Å². The fourth-order valence-electron chi connectivity index (χ4n) is 1.01. The first kappa shape index (κ1) is 10.8. The third-order valence-corrected chi connectivity index (χ3v) is 2.52. The molecule has 14 heavy (non-hydrogen) atoms. The number of amides is 1. The van der Waals surface area contributed by atoms with Gasteiger partial charge in [0.25, 0.3) is 0 Å². The quantitative estimate of drug-likeness (QED) is 0.836. The van der Waals surface area contributed by atoms with Gasteiger partial charge in [0.1, 0.15) is 5.75 Å². The number of ether oxygens (including phenoxy) is 1. The van der Waals surface area contributed by atoms with Crippen molar-refractivity contribution in [3.05, 3.63) is 26.8 Å². The summed E-state index contributed by atoms with van der Waals surface area (Å²) in [5.41, 5.74) is 5.57. The van der Waals surface area contributed by atoms with Crippen LogP contribution in [0.1, 0.15) is 15.9 Å². The lowest BCUT2D eigenvalue weighted by atomic mass is 10.1. The highest BCUT2D eigenvalue weighted by Crippen LogP contribution is 2.24. The molecular weight excluding hydrogens is 295 g/mol. The van der Waals surface area contributed by atoms with Crippen molar-refractivity contribution in [2.24, 2.45) is 5.73 Å². The Labute approximate surface area is 94.8 Å². The van der Waals surface area contributed by atoms with E-state index in [0.717, 1.165) is 3.57 Å². The number of rotatable bonds is 2. The number of halogens is 1. The lowest BCUT2D eigenvalue weighted by Crippen LogP contribution is -2.13. The molecule has 0 heterocycles. The minimum atomic E-state index is -0.628. The van der Waals surface area contributed by atoms with Gasteiger partial charge < -0.3 is 10.5 Å². The van der Waals surface area contributed by atoms with Gasteiger partial charge in [-0.3, -0.25) is 4.79 Å². The molecule has 1 aromatic rings. The molecule has 0 saturated heterocycles. The number of hydrogen-bond donors (Lipinski definition) is 1. The second-order valence-electron chi connectivity index (χ2n) is 2.51. The Hall–Kier alpha value is -1.29. The van der Waals surface area contributed by atoms with Crippen LogP contribution in [0.5, 0.6) is 5.75 Å². The molecule has 0 bridgehead atoms. The second-order valence-corrected chi connectivity index (χ2v) is 3.67. The molecule has 0 aliphatic heterocycles. The Morgan fingerprint density at radius 3 is 2.71 bits per heavy atom. The van der Waals surface area contributed by atoms with E-state index < -0.39 is 5.91 Å². The Balaban J connectivity index is 3.42. The van der Waals surface area contributed by atoms with Crippen molar-refractivity contribution in [3.8, 4) is 11.8 Å². The van der Waals surface area contributed by atoms with Crippen LogP contribution < -0.4 is 10.5 Å². The van der Waals surface area contributed by atoms with Crippen molar-refractivity contribution in [3.63, 3.8) is 0 Å². The SMILES string of the molecule is COc1cc(C(N)=O)c(C#N)cc1I. The van der Waals surface area contributed by atoms with Gasteiger partial charge in [-0.25, -0.2) is 0 Å². The van der Waals surface area contributed by atoms with Crippen molar-refractivity contribution in [2.45, 2.75) is 0 Å².